The molecule has 0 saturated carbocycles. The van der Waals surface area contributed by atoms with E-state index in [4.69, 9.17) is 0 Å². The van der Waals surface area contributed by atoms with Gasteiger partial charge in [-0.3, -0.25) is 4.79 Å². The van der Waals surface area contributed by atoms with E-state index in [2.05, 4.69) is 4.74 Å². The quantitative estimate of drug-likeness (QED) is 0.472. The van der Waals surface area contributed by atoms with E-state index in [1.807, 2.05) is 0 Å². The Hall–Kier alpha value is -2.15. The van der Waals surface area contributed by atoms with E-state index in [9.17, 15) is 57.5 Å². The Bertz CT molecular complexity index is 717. The largest absolute Gasteiger partial charge is 0.496 e. The zero-order chi connectivity index (χ0) is 21.6. The third-order valence-electron chi connectivity index (χ3n) is 3.20. The molecule has 0 saturated heterocycles. The smallest absolute Gasteiger partial charge is 0.460 e. The Morgan fingerprint density at radius 1 is 0.815 bits per heavy atom. The predicted octanol–water partition coefficient (Wildman–Crippen LogP) is 5.36. The molecule has 0 aliphatic heterocycles. The summed E-state index contributed by atoms with van der Waals surface area (Å²) >= 11 is 0. The zero-order valence-corrected chi connectivity index (χ0v) is 12.6. The molecular weight excluding hydrogens is 416 g/mol. The molecule has 0 N–H and O–H groups in total. The lowest BCUT2D eigenvalue weighted by molar-refractivity contribution is -0.386. The number of Topliss-reactive ketones (excluding diaryl/α,β-unsaturated/α-hetero) is 1. The van der Waals surface area contributed by atoms with E-state index in [1.54, 1.807) is 0 Å². The molecule has 0 fully saturated rings. The second kappa shape index (κ2) is 6.48. The van der Waals surface area contributed by atoms with Gasteiger partial charge in [0, 0.05) is 5.56 Å². The van der Waals surface area contributed by atoms with Crippen LogP contribution in [0.25, 0.3) is 0 Å². The highest BCUT2D eigenvalue weighted by Crippen LogP contribution is 2.54. The van der Waals surface area contributed by atoms with E-state index >= 15 is 0 Å². The normalized spacial score (nSPS) is 14.3. The molecule has 1 aromatic rings. The summed E-state index contributed by atoms with van der Waals surface area (Å²) in [7, 11) is 0.693. The summed E-state index contributed by atoms with van der Waals surface area (Å²) in [6.45, 7) is 0. The molecule has 0 amide bonds. The topological polar surface area (TPSA) is 26.3 Å². The number of halogens is 12. The fourth-order valence-corrected chi connectivity index (χ4v) is 1.77. The first-order valence-electron chi connectivity index (χ1n) is 6.32. The minimum absolute atomic E-state index is 0.0755. The molecule has 0 aliphatic carbocycles. The van der Waals surface area contributed by atoms with E-state index < -0.39 is 58.8 Å². The Balaban J connectivity index is 3.52. The van der Waals surface area contributed by atoms with Crippen molar-refractivity contribution in [3.8, 4) is 5.75 Å². The third kappa shape index (κ3) is 3.65. The Morgan fingerprint density at radius 2 is 1.30 bits per heavy atom. The number of benzene rings is 1. The first kappa shape index (κ1) is 22.9. The molecule has 1 rings (SSSR count). The number of carbonyl (C=O) groups is 1. The number of carbonyl (C=O) groups excluding carboxylic acids is 1. The minimum atomic E-state index is -7.35. The van der Waals surface area contributed by atoms with Crippen molar-refractivity contribution in [2.45, 2.75) is 30.1 Å². The second-order valence-electron chi connectivity index (χ2n) is 4.96. The van der Waals surface area contributed by atoms with Crippen molar-refractivity contribution < 1.29 is 62.2 Å². The van der Waals surface area contributed by atoms with Crippen LogP contribution in [-0.2, 0) is 6.18 Å². The van der Waals surface area contributed by atoms with Crippen molar-refractivity contribution in [1.29, 1.82) is 0 Å². The summed E-state index contributed by atoms with van der Waals surface area (Å²) in [5.41, 5.74) is -3.80. The lowest BCUT2D eigenvalue weighted by Gasteiger charge is -2.32. The fourth-order valence-electron chi connectivity index (χ4n) is 1.77. The summed E-state index contributed by atoms with van der Waals surface area (Å²) in [4.78, 5) is 11.4. The van der Waals surface area contributed by atoms with Gasteiger partial charge in [0.15, 0.2) is 0 Å². The molecule has 0 aromatic heterocycles. The van der Waals surface area contributed by atoms with Crippen molar-refractivity contribution in [2.75, 3.05) is 7.11 Å². The monoisotopic (exact) mass is 422 g/mol. The van der Waals surface area contributed by atoms with Gasteiger partial charge < -0.3 is 4.74 Å². The average molecular weight is 422 g/mol. The van der Waals surface area contributed by atoms with E-state index in [1.165, 1.54) is 0 Å². The number of rotatable bonds is 5. The van der Waals surface area contributed by atoms with Crippen LogP contribution in [-0.4, -0.2) is 36.8 Å². The Morgan fingerprint density at radius 3 is 1.67 bits per heavy atom. The summed E-state index contributed by atoms with van der Waals surface area (Å²) in [5.74, 6) is -25.7. The summed E-state index contributed by atoms with van der Waals surface area (Å²) in [5, 5.41) is 0. The SMILES string of the molecule is COc1ccc(C(=O)C(F)(F)C(F)(F)C(F)(F)C(F)(F)F)cc1C(F)(F)F. The molecule has 154 valence electrons. The number of alkyl halides is 12. The third-order valence-corrected chi connectivity index (χ3v) is 3.20. The summed E-state index contributed by atoms with van der Waals surface area (Å²) in [6.07, 6.45) is -12.5. The van der Waals surface area contributed by atoms with Crippen LogP contribution in [0.3, 0.4) is 0 Å². The van der Waals surface area contributed by atoms with Gasteiger partial charge in [-0.25, -0.2) is 0 Å². The highest BCUT2D eigenvalue weighted by atomic mass is 19.4. The number of ketones is 1. The number of ether oxygens (including phenoxy) is 1. The van der Waals surface area contributed by atoms with Gasteiger partial charge in [-0.05, 0) is 18.2 Å². The number of hydrogen-bond donors (Lipinski definition) is 0. The molecule has 14 heteroatoms. The molecule has 0 atom stereocenters. The van der Waals surface area contributed by atoms with Crippen LogP contribution in [0.15, 0.2) is 18.2 Å². The van der Waals surface area contributed by atoms with Crippen LogP contribution in [0.5, 0.6) is 5.75 Å². The predicted molar refractivity (Wildman–Crippen MR) is 63.2 cm³/mol. The highest BCUT2D eigenvalue weighted by Gasteiger charge is 2.83. The molecule has 0 unspecified atom stereocenters. The van der Waals surface area contributed by atoms with Crippen LogP contribution in [0, 0.1) is 0 Å². The molecule has 27 heavy (non-hydrogen) atoms. The number of methoxy groups -OCH3 is 1. The Labute approximate surface area is 141 Å². The van der Waals surface area contributed by atoms with Crippen molar-refractivity contribution in [1.82, 2.24) is 0 Å². The van der Waals surface area contributed by atoms with Gasteiger partial charge in [0.25, 0.3) is 0 Å². The Kier molecular flexibility index (Phi) is 5.49. The van der Waals surface area contributed by atoms with Crippen LogP contribution in [0.2, 0.25) is 0 Å². The highest BCUT2D eigenvalue weighted by molar-refractivity contribution is 6.02. The van der Waals surface area contributed by atoms with Crippen molar-refractivity contribution in [2.24, 2.45) is 0 Å². The standard InChI is InChI=1S/C13H6F12O2/c1-27-7-3-2-5(4-6(7)10(16,17)18)8(26)9(14,15)11(19,20)12(21,22)13(23,24)25/h2-4H,1H3. The number of hydrogen-bond acceptors (Lipinski definition) is 2. The molecule has 0 bridgehead atoms. The molecule has 0 radical (unpaired) electrons. The molecule has 1 aromatic carbocycles. The second-order valence-corrected chi connectivity index (χ2v) is 4.96. The maximum Gasteiger partial charge on any atom is 0.460 e. The van der Waals surface area contributed by atoms with Crippen molar-refractivity contribution >= 4 is 5.78 Å². The van der Waals surface area contributed by atoms with Gasteiger partial charge >= 0.3 is 30.1 Å². The van der Waals surface area contributed by atoms with Gasteiger partial charge in [0.05, 0.1) is 12.7 Å². The minimum Gasteiger partial charge on any atom is -0.496 e. The van der Waals surface area contributed by atoms with Gasteiger partial charge in [-0.1, -0.05) is 0 Å². The molecule has 0 spiro atoms. The maximum absolute atomic E-state index is 13.5. The van der Waals surface area contributed by atoms with Crippen LogP contribution < -0.4 is 4.74 Å². The lowest BCUT2D eigenvalue weighted by Crippen LogP contribution is -2.63. The van der Waals surface area contributed by atoms with E-state index in [0.29, 0.717) is 7.11 Å². The van der Waals surface area contributed by atoms with Gasteiger partial charge in [-0.2, -0.15) is 52.7 Å². The van der Waals surface area contributed by atoms with Gasteiger partial charge in [0.2, 0.25) is 5.78 Å². The van der Waals surface area contributed by atoms with E-state index in [-0.39, 0.29) is 12.1 Å². The van der Waals surface area contributed by atoms with Gasteiger partial charge in [-0.15, -0.1) is 0 Å². The van der Waals surface area contributed by atoms with E-state index in [0.717, 1.165) is 0 Å². The molecular formula is C13H6F12O2. The maximum atomic E-state index is 13.5. The van der Waals surface area contributed by atoms with Crippen LogP contribution in [0.1, 0.15) is 15.9 Å². The zero-order valence-electron chi connectivity index (χ0n) is 12.6. The summed E-state index contributed by atoms with van der Waals surface area (Å²) in [6, 6.07) is -0.130. The van der Waals surface area contributed by atoms with Crippen molar-refractivity contribution in [3.63, 3.8) is 0 Å². The lowest BCUT2D eigenvalue weighted by atomic mass is 9.94. The molecule has 0 aliphatic rings. The van der Waals surface area contributed by atoms with Crippen molar-refractivity contribution in [3.05, 3.63) is 29.3 Å². The average Bonchev–Trinajstić information content (AvgIpc) is 2.51. The first-order chi connectivity index (χ1) is 11.8. The molecule has 0 heterocycles. The van der Waals surface area contributed by atoms with Crippen LogP contribution in [0.4, 0.5) is 52.7 Å². The first-order valence-corrected chi connectivity index (χ1v) is 6.32. The molecule has 2 nitrogen and oxygen atoms in total. The van der Waals surface area contributed by atoms with Crippen LogP contribution >= 0.6 is 0 Å². The fraction of sp³-hybridized carbons (Fsp3) is 0.462. The summed E-state index contributed by atoms with van der Waals surface area (Å²) < 4.78 is 157. The van der Waals surface area contributed by atoms with Gasteiger partial charge in [0.1, 0.15) is 5.75 Å².